The first-order chi connectivity index (χ1) is 5.15. The van der Waals surface area contributed by atoms with Crippen LogP contribution in [0, 0.1) is 11.8 Å². The highest BCUT2D eigenvalue weighted by Gasteiger charge is 2.29. The molecular formula is C8H16N2O. The van der Waals surface area contributed by atoms with Crippen molar-refractivity contribution in [3.63, 3.8) is 0 Å². The van der Waals surface area contributed by atoms with Gasteiger partial charge in [0, 0.05) is 20.0 Å². The van der Waals surface area contributed by atoms with Crippen molar-refractivity contribution in [3.8, 4) is 0 Å². The smallest absolute Gasteiger partial charge is 0.219 e. The maximum absolute atomic E-state index is 10.9. The number of hydrogen-bond acceptors (Lipinski definition) is 2. The number of carbonyl (C=O) groups excluding carboxylic acids is 1. The summed E-state index contributed by atoms with van der Waals surface area (Å²) >= 11 is 0. The Labute approximate surface area is 67.5 Å². The van der Waals surface area contributed by atoms with Crippen LogP contribution in [0.25, 0.3) is 0 Å². The molecule has 0 saturated carbocycles. The topological polar surface area (TPSA) is 46.3 Å². The number of amides is 1. The van der Waals surface area contributed by atoms with Gasteiger partial charge in [0.2, 0.25) is 5.91 Å². The SMILES string of the molecule is CC(=O)N1CC(C)C(CN)C1. The molecule has 1 amide bonds. The van der Waals surface area contributed by atoms with Crippen molar-refractivity contribution >= 4 is 5.91 Å². The summed E-state index contributed by atoms with van der Waals surface area (Å²) in [6, 6.07) is 0. The normalized spacial score (nSPS) is 31.0. The minimum atomic E-state index is 0.174. The highest BCUT2D eigenvalue weighted by atomic mass is 16.2. The summed E-state index contributed by atoms with van der Waals surface area (Å²) in [4.78, 5) is 12.8. The Bertz CT molecular complexity index is 158. The minimum absolute atomic E-state index is 0.174. The lowest BCUT2D eigenvalue weighted by Gasteiger charge is -2.12. The van der Waals surface area contributed by atoms with E-state index in [1.165, 1.54) is 0 Å². The molecule has 2 N–H and O–H groups in total. The molecule has 0 spiro atoms. The zero-order valence-corrected chi connectivity index (χ0v) is 7.21. The minimum Gasteiger partial charge on any atom is -0.342 e. The molecule has 0 radical (unpaired) electrons. The average molecular weight is 156 g/mol. The van der Waals surface area contributed by atoms with Gasteiger partial charge >= 0.3 is 0 Å². The van der Waals surface area contributed by atoms with Crippen LogP contribution in [0.4, 0.5) is 0 Å². The van der Waals surface area contributed by atoms with Gasteiger partial charge < -0.3 is 10.6 Å². The maximum Gasteiger partial charge on any atom is 0.219 e. The number of nitrogens with two attached hydrogens (primary N) is 1. The van der Waals surface area contributed by atoms with Crippen molar-refractivity contribution in [2.24, 2.45) is 17.6 Å². The summed E-state index contributed by atoms with van der Waals surface area (Å²) in [6.07, 6.45) is 0. The second-order valence-electron chi connectivity index (χ2n) is 3.40. The van der Waals surface area contributed by atoms with Gasteiger partial charge in [-0.3, -0.25) is 4.79 Å². The molecule has 11 heavy (non-hydrogen) atoms. The predicted octanol–water partition coefficient (Wildman–Crippen LogP) is 0.0595. The van der Waals surface area contributed by atoms with E-state index in [0.29, 0.717) is 18.4 Å². The van der Waals surface area contributed by atoms with Crippen molar-refractivity contribution in [2.45, 2.75) is 13.8 Å². The molecule has 3 nitrogen and oxygen atoms in total. The van der Waals surface area contributed by atoms with Crippen molar-refractivity contribution in [1.29, 1.82) is 0 Å². The van der Waals surface area contributed by atoms with Crippen LogP contribution in [-0.2, 0) is 4.79 Å². The number of rotatable bonds is 1. The Morgan fingerprint density at radius 3 is 2.55 bits per heavy atom. The lowest BCUT2D eigenvalue weighted by molar-refractivity contribution is -0.128. The Hall–Kier alpha value is -0.570. The van der Waals surface area contributed by atoms with E-state index in [2.05, 4.69) is 6.92 Å². The molecular weight excluding hydrogens is 140 g/mol. The van der Waals surface area contributed by atoms with Gasteiger partial charge in [0.15, 0.2) is 0 Å². The lowest BCUT2D eigenvalue weighted by Crippen LogP contribution is -2.27. The third kappa shape index (κ3) is 1.71. The van der Waals surface area contributed by atoms with Crippen molar-refractivity contribution in [1.82, 2.24) is 4.90 Å². The molecule has 1 fully saturated rings. The van der Waals surface area contributed by atoms with E-state index in [1.807, 2.05) is 4.90 Å². The first kappa shape index (κ1) is 8.53. The van der Waals surface area contributed by atoms with Gasteiger partial charge in [-0.15, -0.1) is 0 Å². The average Bonchev–Trinajstić information content (AvgIpc) is 2.31. The molecule has 0 aliphatic carbocycles. The van der Waals surface area contributed by atoms with Crippen LogP contribution in [0.15, 0.2) is 0 Å². The molecule has 1 heterocycles. The van der Waals surface area contributed by atoms with E-state index in [1.54, 1.807) is 6.92 Å². The summed E-state index contributed by atoms with van der Waals surface area (Å²) < 4.78 is 0. The van der Waals surface area contributed by atoms with Crippen molar-refractivity contribution in [2.75, 3.05) is 19.6 Å². The first-order valence-corrected chi connectivity index (χ1v) is 4.10. The Morgan fingerprint density at radius 2 is 2.27 bits per heavy atom. The maximum atomic E-state index is 10.9. The van der Waals surface area contributed by atoms with Gasteiger partial charge in [0.25, 0.3) is 0 Å². The van der Waals surface area contributed by atoms with Crippen LogP contribution < -0.4 is 5.73 Å². The fourth-order valence-electron chi connectivity index (χ4n) is 1.60. The van der Waals surface area contributed by atoms with Crippen LogP contribution in [0.5, 0.6) is 0 Å². The largest absolute Gasteiger partial charge is 0.342 e. The molecule has 1 rings (SSSR count). The molecule has 64 valence electrons. The van der Waals surface area contributed by atoms with Crippen LogP contribution in [0.1, 0.15) is 13.8 Å². The Balaban J connectivity index is 2.49. The predicted molar refractivity (Wildman–Crippen MR) is 44.0 cm³/mol. The molecule has 2 unspecified atom stereocenters. The molecule has 0 aromatic heterocycles. The van der Waals surface area contributed by atoms with Crippen LogP contribution in [0.2, 0.25) is 0 Å². The monoisotopic (exact) mass is 156 g/mol. The highest BCUT2D eigenvalue weighted by Crippen LogP contribution is 2.21. The summed E-state index contributed by atoms with van der Waals surface area (Å²) in [5.74, 6) is 1.26. The lowest BCUT2D eigenvalue weighted by atomic mass is 9.99. The number of likely N-dealkylation sites (tertiary alicyclic amines) is 1. The Kier molecular flexibility index (Phi) is 2.49. The standard InChI is InChI=1S/C8H16N2O/c1-6-4-10(7(2)11)5-8(6)3-9/h6,8H,3-5,9H2,1-2H3. The van der Waals surface area contributed by atoms with E-state index >= 15 is 0 Å². The van der Waals surface area contributed by atoms with Gasteiger partial charge in [0.1, 0.15) is 0 Å². The summed E-state index contributed by atoms with van der Waals surface area (Å²) in [7, 11) is 0. The summed E-state index contributed by atoms with van der Waals surface area (Å²) in [6.45, 7) is 6.21. The van der Waals surface area contributed by atoms with Crippen molar-refractivity contribution in [3.05, 3.63) is 0 Å². The van der Waals surface area contributed by atoms with Gasteiger partial charge in [-0.05, 0) is 18.4 Å². The second kappa shape index (κ2) is 3.22. The van der Waals surface area contributed by atoms with E-state index in [0.717, 1.165) is 13.1 Å². The van der Waals surface area contributed by atoms with Crippen molar-refractivity contribution < 1.29 is 4.79 Å². The first-order valence-electron chi connectivity index (χ1n) is 4.10. The second-order valence-corrected chi connectivity index (χ2v) is 3.40. The van der Waals surface area contributed by atoms with Gasteiger partial charge in [-0.25, -0.2) is 0 Å². The molecule has 2 atom stereocenters. The molecule has 1 aliphatic rings. The molecule has 3 heteroatoms. The fourth-order valence-corrected chi connectivity index (χ4v) is 1.60. The fraction of sp³-hybridized carbons (Fsp3) is 0.875. The summed E-state index contributed by atoms with van der Waals surface area (Å²) in [5, 5.41) is 0. The molecule has 0 bridgehead atoms. The number of hydrogen-bond donors (Lipinski definition) is 1. The molecule has 0 aromatic carbocycles. The molecule has 1 aliphatic heterocycles. The van der Waals surface area contributed by atoms with Crippen LogP contribution in [-0.4, -0.2) is 30.4 Å². The zero-order valence-electron chi connectivity index (χ0n) is 7.21. The zero-order chi connectivity index (χ0) is 8.43. The highest BCUT2D eigenvalue weighted by molar-refractivity contribution is 5.73. The third-order valence-corrected chi connectivity index (χ3v) is 2.52. The quantitative estimate of drug-likeness (QED) is 0.583. The van der Waals surface area contributed by atoms with E-state index in [4.69, 9.17) is 5.73 Å². The summed E-state index contributed by atoms with van der Waals surface area (Å²) in [5.41, 5.74) is 5.55. The molecule has 1 saturated heterocycles. The van der Waals surface area contributed by atoms with Crippen LogP contribution in [0.3, 0.4) is 0 Å². The van der Waals surface area contributed by atoms with Gasteiger partial charge in [0.05, 0.1) is 0 Å². The number of carbonyl (C=O) groups is 1. The van der Waals surface area contributed by atoms with Gasteiger partial charge in [-0.2, -0.15) is 0 Å². The third-order valence-electron chi connectivity index (χ3n) is 2.52. The molecule has 0 aromatic rings. The number of nitrogens with zero attached hydrogens (tertiary/aromatic N) is 1. The van der Waals surface area contributed by atoms with Gasteiger partial charge in [-0.1, -0.05) is 6.92 Å². The van der Waals surface area contributed by atoms with E-state index < -0.39 is 0 Å². The van der Waals surface area contributed by atoms with E-state index in [-0.39, 0.29) is 5.91 Å². The van der Waals surface area contributed by atoms with Crippen LogP contribution >= 0.6 is 0 Å². The van der Waals surface area contributed by atoms with E-state index in [9.17, 15) is 4.79 Å². The Morgan fingerprint density at radius 1 is 1.64 bits per heavy atom.